The summed E-state index contributed by atoms with van der Waals surface area (Å²) < 4.78 is 0. The van der Waals surface area contributed by atoms with Crippen molar-refractivity contribution in [2.75, 3.05) is 13.1 Å². The van der Waals surface area contributed by atoms with Crippen LogP contribution in [-0.2, 0) is 0 Å². The normalized spacial score (nSPS) is 26.6. The van der Waals surface area contributed by atoms with Crippen LogP contribution in [0.1, 0.15) is 52.9 Å². The van der Waals surface area contributed by atoms with Gasteiger partial charge in [-0.25, -0.2) is 0 Å². The second-order valence-corrected chi connectivity index (χ2v) is 6.34. The summed E-state index contributed by atoms with van der Waals surface area (Å²) in [6.07, 6.45) is 7.27. The fraction of sp³-hybridized carbons (Fsp3) is 1.00. The Bertz CT molecular complexity index is 195. The van der Waals surface area contributed by atoms with Gasteiger partial charge in [0.2, 0.25) is 0 Å². The summed E-state index contributed by atoms with van der Waals surface area (Å²) in [7, 11) is 0. The van der Waals surface area contributed by atoms with Gasteiger partial charge in [-0.1, -0.05) is 19.3 Å². The molecule has 0 aromatic rings. The number of likely N-dealkylation sites (tertiary alicyclic amines) is 1. The van der Waals surface area contributed by atoms with E-state index in [2.05, 4.69) is 31.0 Å². The topological polar surface area (TPSA) is 15.3 Å². The predicted molar refractivity (Wildman–Crippen MR) is 65.1 cm³/mol. The molecule has 0 unspecified atom stereocenters. The van der Waals surface area contributed by atoms with E-state index in [0.29, 0.717) is 0 Å². The highest BCUT2D eigenvalue weighted by Crippen LogP contribution is 2.26. The maximum atomic E-state index is 3.68. The Hall–Kier alpha value is -0.0800. The molecule has 0 bridgehead atoms. The second kappa shape index (κ2) is 4.42. The molecule has 0 radical (unpaired) electrons. The summed E-state index contributed by atoms with van der Waals surface area (Å²) in [6, 6.07) is 1.66. The van der Waals surface area contributed by atoms with Gasteiger partial charge in [0.25, 0.3) is 0 Å². The summed E-state index contributed by atoms with van der Waals surface area (Å²) in [6.45, 7) is 9.34. The first-order chi connectivity index (χ1) is 7.04. The molecule has 0 spiro atoms. The molecule has 2 aliphatic rings. The Balaban J connectivity index is 1.68. The van der Waals surface area contributed by atoms with E-state index in [1.165, 1.54) is 45.2 Å². The summed E-state index contributed by atoms with van der Waals surface area (Å²) in [4.78, 5) is 2.68. The van der Waals surface area contributed by atoms with Gasteiger partial charge in [-0.2, -0.15) is 0 Å². The molecule has 2 fully saturated rings. The number of rotatable bonds is 2. The summed E-state index contributed by atoms with van der Waals surface area (Å²) in [5, 5.41) is 3.68. The van der Waals surface area contributed by atoms with E-state index in [1.807, 2.05) is 0 Å². The van der Waals surface area contributed by atoms with Crippen molar-refractivity contribution in [1.82, 2.24) is 10.2 Å². The predicted octanol–water partition coefficient (Wildman–Crippen LogP) is 2.39. The zero-order valence-corrected chi connectivity index (χ0v) is 10.6. The third-order valence-electron chi connectivity index (χ3n) is 3.64. The molecular weight excluding hydrogens is 184 g/mol. The Labute approximate surface area is 94.4 Å². The largest absolute Gasteiger partial charge is 0.307 e. The average molecular weight is 210 g/mol. The molecule has 2 rings (SSSR count). The van der Waals surface area contributed by atoms with Crippen LogP contribution in [0.15, 0.2) is 0 Å². The lowest BCUT2D eigenvalue weighted by Crippen LogP contribution is -2.64. The molecule has 15 heavy (non-hydrogen) atoms. The molecule has 2 nitrogen and oxygen atoms in total. The van der Waals surface area contributed by atoms with Gasteiger partial charge >= 0.3 is 0 Å². The average Bonchev–Trinajstić information content (AvgIpc) is 2.11. The first-order valence-electron chi connectivity index (χ1n) is 6.56. The lowest BCUT2D eigenvalue weighted by atomic mass is 9.90. The van der Waals surface area contributed by atoms with Crippen molar-refractivity contribution in [3.05, 3.63) is 0 Å². The molecule has 1 aliphatic carbocycles. The zero-order valence-electron chi connectivity index (χ0n) is 10.6. The smallest absolute Gasteiger partial charge is 0.0327 e. The van der Waals surface area contributed by atoms with Gasteiger partial charge in [-0.3, -0.25) is 4.90 Å². The van der Waals surface area contributed by atoms with Gasteiger partial charge in [0, 0.05) is 30.7 Å². The Kier molecular flexibility index (Phi) is 3.36. The highest BCUT2D eigenvalue weighted by molar-refractivity contribution is 4.93. The molecule has 1 N–H and O–H groups in total. The second-order valence-electron chi connectivity index (χ2n) is 6.34. The van der Waals surface area contributed by atoms with Gasteiger partial charge < -0.3 is 5.32 Å². The highest BCUT2D eigenvalue weighted by Gasteiger charge is 2.34. The van der Waals surface area contributed by atoms with E-state index in [4.69, 9.17) is 0 Å². The minimum atomic E-state index is 0.281. The van der Waals surface area contributed by atoms with Crippen LogP contribution in [0.5, 0.6) is 0 Å². The first kappa shape index (κ1) is 11.4. The van der Waals surface area contributed by atoms with E-state index in [9.17, 15) is 0 Å². The molecule has 0 amide bonds. The molecule has 88 valence electrons. The van der Waals surface area contributed by atoms with Crippen molar-refractivity contribution in [1.29, 1.82) is 0 Å². The lowest BCUT2D eigenvalue weighted by Gasteiger charge is -2.48. The van der Waals surface area contributed by atoms with Crippen molar-refractivity contribution in [3.63, 3.8) is 0 Å². The molecule has 1 heterocycles. The van der Waals surface area contributed by atoms with Crippen molar-refractivity contribution >= 4 is 0 Å². The van der Waals surface area contributed by atoms with Crippen LogP contribution >= 0.6 is 0 Å². The number of hydrogen-bond donors (Lipinski definition) is 1. The highest BCUT2D eigenvalue weighted by atomic mass is 15.3. The first-order valence-corrected chi connectivity index (χ1v) is 6.56. The van der Waals surface area contributed by atoms with Gasteiger partial charge in [-0.05, 0) is 33.6 Å². The van der Waals surface area contributed by atoms with Crippen LogP contribution in [0.4, 0.5) is 0 Å². The van der Waals surface area contributed by atoms with Crippen molar-refractivity contribution in [2.24, 2.45) is 0 Å². The minimum absolute atomic E-state index is 0.281. The van der Waals surface area contributed by atoms with Gasteiger partial charge in [-0.15, -0.1) is 0 Å². The minimum Gasteiger partial charge on any atom is -0.307 e. The van der Waals surface area contributed by atoms with E-state index in [-0.39, 0.29) is 5.54 Å². The fourth-order valence-corrected chi connectivity index (χ4v) is 2.96. The summed E-state index contributed by atoms with van der Waals surface area (Å²) in [5.41, 5.74) is 0.281. The molecule has 1 saturated carbocycles. The fourth-order valence-electron chi connectivity index (χ4n) is 2.96. The van der Waals surface area contributed by atoms with Crippen LogP contribution in [0.25, 0.3) is 0 Å². The van der Waals surface area contributed by atoms with Crippen molar-refractivity contribution in [3.8, 4) is 0 Å². The third-order valence-corrected chi connectivity index (χ3v) is 3.64. The van der Waals surface area contributed by atoms with Crippen molar-refractivity contribution < 1.29 is 0 Å². The number of hydrogen-bond acceptors (Lipinski definition) is 2. The maximum absolute atomic E-state index is 3.68. The quantitative estimate of drug-likeness (QED) is 0.753. The van der Waals surface area contributed by atoms with Crippen molar-refractivity contribution in [2.45, 2.75) is 70.5 Å². The molecule has 0 atom stereocenters. The Morgan fingerprint density at radius 3 is 2.13 bits per heavy atom. The van der Waals surface area contributed by atoms with Crippen LogP contribution in [0, 0.1) is 0 Å². The Morgan fingerprint density at radius 1 is 1.00 bits per heavy atom. The van der Waals surface area contributed by atoms with Crippen LogP contribution in [0.2, 0.25) is 0 Å². The lowest BCUT2D eigenvalue weighted by molar-refractivity contribution is 0.0457. The maximum Gasteiger partial charge on any atom is 0.0327 e. The Morgan fingerprint density at radius 2 is 1.60 bits per heavy atom. The standard InChI is InChI=1S/C13H26N2/c1-13(2,3)14-11-9-15(10-11)12-7-5-4-6-8-12/h11-12,14H,4-10H2,1-3H3. The van der Waals surface area contributed by atoms with Crippen LogP contribution in [-0.4, -0.2) is 35.6 Å². The summed E-state index contributed by atoms with van der Waals surface area (Å²) in [5.74, 6) is 0. The molecule has 0 aromatic heterocycles. The SMILES string of the molecule is CC(C)(C)NC1CN(C2CCCCC2)C1. The monoisotopic (exact) mass is 210 g/mol. The van der Waals surface area contributed by atoms with E-state index >= 15 is 0 Å². The van der Waals surface area contributed by atoms with E-state index in [1.54, 1.807) is 0 Å². The molecule has 0 aromatic carbocycles. The number of nitrogens with one attached hydrogen (secondary N) is 1. The zero-order chi connectivity index (χ0) is 10.9. The summed E-state index contributed by atoms with van der Waals surface area (Å²) >= 11 is 0. The van der Waals surface area contributed by atoms with Gasteiger partial charge in [0.15, 0.2) is 0 Å². The molecule has 1 aliphatic heterocycles. The molecule has 1 saturated heterocycles. The molecule has 2 heteroatoms. The molecular formula is C13H26N2. The van der Waals surface area contributed by atoms with Gasteiger partial charge in [0.05, 0.1) is 0 Å². The van der Waals surface area contributed by atoms with Gasteiger partial charge in [0.1, 0.15) is 0 Å². The van der Waals surface area contributed by atoms with Crippen LogP contribution < -0.4 is 5.32 Å². The van der Waals surface area contributed by atoms with Crippen LogP contribution in [0.3, 0.4) is 0 Å². The van der Waals surface area contributed by atoms with E-state index in [0.717, 1.165) is 12.1 Å². The third kappa shape index (κ3) is 3.18. The van der Waals surface area contributed by atoms with E-state index < -0.39 is 0 Å². The number of nitrogens with zero attached hydrogens (tertiary/aromatic N) is 1.